The standard InChI is InChI=1S/C14H20N2O2/c1-2-18-15-14(17)13-9-6-10-16(13)11-12-7-4-3-5-8-12/h3-5,7-8,13H,2,6,9-11H2,1H3,(H,15,17). The maximum Gasteiger partial charge on any atom is 0.260 e. The van der Waals surface area contributed by atoms with Crippen molar-refractivity contribution in [3.8, 4) is 0 Å². The third kappa shape index (κ3) is 3.31. The van der Waals surface area contributed by atoms with Crippen molar-refractivity contribution in [2.45, 2.75) is 32.4 Å². The highest BCUT2D eigenvalue weighted by Gasteiger charge is 2.30. The Morgan fingerprint density at radius 3 is 2.94 bits per heavy atom. The van der Waals surface area contributed by atoms with E-state index in [1.54, 1.807) is 0 Å². The van der Waals surface area contributed by atoms with Gasteiger partial charge in [0.05, 0.1) is 12.6 Å². The molecule has 0 spiro atoms. The Hall–Kier alpha value is -1.39. The molecule has 4 heteroatoms. The van der Waals surface area contributed by atoms with E-state index in [2.05, 4.69) is 22.5 Å². The summed E-state index contributed by atoms with van der Waals surface area (Å²) < 4.78 is 0. The number of benzene rings is 1. The van der Waals surface area contributed by atoms with E-state index in [0.29, 0.717) is 6.61 Å². The number of amides is 1. The topological polar surface area (TPSA) is 41.6 Å². The van der Waals surface area contributed by atoms with Gasteiger partial charge in [-0.2, -0.15) is 0 Å². The first-order chi connectivity index (χ1) is 8.81. The quantitative estimate of drug-likeness (QED) is 0.807. The van der Waals surface area contributed by atoms with E-state index in [4.69, 9.17) is 4.84 Å². The summed E-state index contributed by atoms with van der Waals surface area (Å²) in [4.78, 5) is 19.1. The zero-order valence-corrected chi connectivity index (χ0v) is 10.8. The van der Waals surface area contributed by atoms with Crippen LogP contribution in [0.5, 0.6) is 0 Å². The van der Waals surface area contributed by atoms with Gasteiger partial charge in [0, 0.05) is 6.54 Å². The second kappa shape index (κ2) is 6.52. The van der Waals surface area contributed by atoms with Gasteiger partial charge >= 0.3 is 0 Å². The van der Waals surface area contributed by atoms with Crippen molar-refractivity contribution in [1.82, 2.24) is 10.4 Å². The molecule has 18 heavy (non-hydrogen) atoms. The molecule has 1 aromatic rings. The fourth-order valence-corrected chi connectivity index (χ4v) is 2.34. The molecule has 4 nitrogen and oxygen atoms in total. The van der Waals surface area contributed by atoms with Crippen LogP contribution < -0.4 is 5.48 Å². The molecule has 1 N–H and O–H groups in total. The van der Waals surface area contributed by atoms with Gasteiger partial charge in [-0.3, -0.25) is 14.5 Å². The lowest BCUT2D eigenvalue weighted by atomic mass is 10.2. The van der Waals surface area contributed by atoms with Gasteiger partial charge in [0.1, 0.15) is 0 Å². The van der Waals surface area contributed by atoms with Gasteiger partial charge in [-0.15, -0.1) is 0 Å². The first-order valence-corrected chi connectivity index (χ1v) is 6.51. The van der Waals surface area contributed by atoms with Gasteiger partial charge in [-0.25, -0.2) is 5.48 Å². The lowest BCUT2D eigenvalue weighted by molar-refractivity contribution is -0.138. The second-order valence-electron chi connectivity index (χ2n) is 4.51. The van der Waals surface area contributed by atoms with Crippen LogP contribution in [0.3, 0.4) is 0 Å². The van der Waals surface area contributed by atoms with E-state index in [1.807, 2.05) is 25.1 Å². The highest BCUT2D eigenvalue weighted by atomic mass is 16.6. The van der Waals surface area contributed by atoms with E-state index < -0.39 is 0 Å². The minimum Gasteiger partial charge on any atom is -0.288 e. The Labute approximate surface area is 108 Å². The Morgan fingerprint density at radius 2 is 2.22 bits per heavy atom. The molecule has 1 saturated heterocycles. The molecule has 98 valence electrons. The SMILES string of the molecule is CCONC(=O)C1CCCN1Cc1ccccc1. The summed E-state index contributed by atoms with van der Waals surface area (Å²) in [5.41, 5.74) is 3.75. The fraction of sp³-hybridized carbons (Fsp3) is 0.500. The lowest BCUT2D eigenvalue weighted by Crippen LogP contribution is -2.42. The van der Waals surface area contributed by atoms with E-state index in [0.717, 1.165) is 25.9 Å². The first-order valence-electron chi connectivity index (χ1n) is 6.51. The summed E-state index contributed by atoms with van der Waals surface area (Å²) in [6, 6.07) is 10.2. The van der Waals surface area contributed by atoms with Crippen molar-refractivity contribution in [2.75, 3.05) is 13.2 Å². The predicted octanol–water partition coefficient (Wildman–Crippen LogP) is 1.72. The van der Waals surface area contributed by atoms with Crippen LogP contribution in [0.4, 0.5) is 0 Å². The molecule has 0 bridgehead atoms. The molecule has 0 saturated carbocycles. The molecule has 1 amide bonds. The molecule has 1 aliphatic rings. The van der Waals surface area contributed by atoms with Crippen molar-refractivity contribution < 1.29 is 9.63 Å². The van der Waals surface area contributed by atoms with Gasteiger partial charge in [0.25, 0.3) is 5.91 Å². The minimum atomic E-state index is -0.0586. The Bertz CT molecular complexity index is 381. The number of hydroxylamine groups is 1. The Balaban J connectivity index is 1.93. The summed E-state index contributed by atoms with van der Waals surface area (Å²) in [5.74, 6) is -0.0229. The van der Waals surface area contributed by atoms with Gasteiger partial charge in [-0.1, -0.05) is 30.3 Å². The molecule has 2 rings (SSSR count). The number of carbonyl (C=O) groups excluding carboxylic acids is 1. The number of nitrogens with zero attached hydrogens (tertiary/aromatic N) is 1. The number of likely N-dealkylation sites (tertiary alicyclic amines) is 1. The highest BCUT2D eigenvalue weighted by Crippen LogP contribution is 2.20. The molecule has 1 heterocycles. The van der Waals surface area contributed by atoms with Crippen molar-refractivity contribution >= 4 is 5.91 Å². The molecule has 1 aromatic carbocycles. The molecule has 0 aliphatic carbocycles. The van der Waals surface area contributed by atoms with Crippen LogP contribution in [0.25, 0.3) is 0 Å². The van der Waals surface area contributed by atoms with Gasteiger partial charge in [-0.05, 0) is 31.9 Å². The van der Waals surface area contributed by atoms with E-state index >= 15 is 0 Å². The van der Waals surface area contributed by atoms with E-state index in [1.165, 1.54) is 5.56 Å². The zero-order chi connectivity index (χ0) is 12.8. The maximum atomic E-state index is 11.9. The van der Waals surface area contributed by atoms with E-state index in [9.17, 15) is 4.79 Å². The first kappa shape index (κ1) is 13.1. The molecule has 1 aliphatic heterocycles. The average Bonchev–Trinajstić information content (AvgIpc) is 2.85. The van der Waals surface area contributed by atoms with Crippen LogP contribution in [0, 0.1) is 0 Å². The van der Waals surface area contributed by atoms with Crippen molar-refractivity contribution in [3.63, 3.8) is 0 Å². The summed E-state index contributed by atoms with van der Waals surface area (Å²) in [6.07, 6.45) is 1.97. The number of hydrogen-bond acceptors (Lipinski definition) is 3. The summed E-state index contributed by atoms with van der Waals surface area (Å²) in [6.45, 7) is 4.15. The molecular formula is C14H20N2O2. The maximum absolute atomic E-state index is 11.9. The molecule has 1 fully saturated rings. The van der Waals surface area contributed by atoms with Crippen LogP contribution in [0.2, 0.25) is 0 Å². The summed E-state index contributed by atoms with van der Waals surface area (Å²) >= 11 is 0. The second-order valence-corrected chi connectivity index (χ2v) is 4.51. The van der Waals surface area contributed by atoms with Gasteiger partial charge in [0.15, 0.2) is 0 Å². The molecule has 0 aromatic heterocycles. The average molecular weight is 248 g/mol. The predicted molar refractivity (Wildman–Crippen MR) is 69.6 cm³/mol. The molecule has 1 atom stereocenters. The van der Waals surface area contributed by atoms with Gasteiger partial charge < -0.3 is 0 Å². The Kier molecular flexibility index (Phi) is 4.73. The van der Waals surface area contributed by atoms with Crippen molar-refractivity contribution in [1.29, 1.82) is 0 Å². The van der Waals surface area contributed by atoms with Crippen LogP contribution >= 0.6 is 0 Å². The minimum absolute atomic E-state index is 0.0229. The number of nitrogens with one attached hydrogen (secondary N) is 1. The lowest BCUT2D eigenvalue weighted by Gasteiger charge is -2.23. The number of carbonyl (C=O) groups is 1. The molecule has 0 radical (unpaired) electrons. The summed E-state index contributed by atoms with van der Waals surface area (Å²) in [7, 11) is 0. The molecule has 1 unspecified atom stereocenters. The smallest absolute Gasteiger partial charge is 0.260 e. The Morgan fingerprint density at radius 1 is 1.44 bits per heavy atom. The molecular weight excluding hydrogens is 228 g/mol. The van der Waals surface area contributed by atoms with E-state index in [-0.39, 0.29) is 11.9 Å². The summed E-state index contributed by atoms with van der Waals surface area (Å²) in [5, 5.41) is 0. The van der Waals surface area contributed by atoms with Crippen molar-refractivity contribution in [2.24, 2.45) is 0 Å². The number of rotatable bonds is 5. The van der Waals surface area contributed by atoms with Crippen molar-refractivity contribution in [3.05, 3.63) is 35.9 Å². The van der Waals surface area contributed by atoms with Crippen LogP contribution in [0.1, 0.15) is 25.3 Å². The third-order valence-corrected chi connectivity index (χ3v) is 3.21. The largest absolute Gasteiger partial charge is 0.288 e. The zero-order valence-electron chi connectivity index (χ0n) is 10.8. The van der Waals surface area contributed by atoms with Gasteiger partial charge in [0.2, 0.25) is 0 Å². The normalized spacial score (nSPS) is 19.9. The monoisotopic (exact) mass is 248 g/mol. The van der Waals surface area contributed by atoms with Crippen LogP contribution in [-0.4, -0.2) is 30.0 Å². The van der Waals surface area contributed by atoms with Crippen LogP contribution in [-0.2, 0) is 16.2 Å². The third-order valence-electron chi connectivity index (χ3n) is 3.21. The number of hydrogen-bond donors (Lipinski definition) is 1. The highest BCUT2D eigenvalue weighted by molar-refractivity contribution is 5.81. The fourth-order valence-electron chi connectivity index (χ4n) is 2.34. The van der Waals surface area contributed by atoms with Crippen LogP contribution in [0.15, 0.2) is 30.3 Å².